The minimum absolute atomic E-state index is 0.129. The molecule has 2 amide bonds. The van der Waals surface area contributed by atoms with Crippen LogP contribution in [0.25, 0.3) is 0 Å². The van der Waals surface area contributed by atoms with Gasteiger partial charge in [0, 0.05) is 30.4 Å². The lowest BCUT2D eigenvalue weighted by molar-refractivity contribution is 0.0671. The highest BCUT2D eigenvalue weighted by Crippen LogP contribution is 2.24. The van der Waals surface area contributed by atoms with Gasteiger partial charge in [0.25, 0.3) is 11.8 Å². The van der Waals surface area contributed by atoms with Crippen molar-refractivity contribution in [2.75, 3.05) is 6.54 Å². The van der Waals surface area contributed by atoms with Gasteiger partial charge in [-0.15, -0.1) is 0 Å². The molecular formula is C11H13N3O3. The van der Waals surface area contributed by atoms with Crippen molar-refractivity contribution in [2.24, 2.45) is 5.73 Å². The van der Waals surface area contributed by atoms with E-state index in [-0.39, 0.29) is 24.7 Å². The number of carbonyl (C=O) groups excluding carboxylic acids is 2. The van der Waals surface area contributed by atoms with Gasteiger partial charge in [0.1, 0.15) is 5.69 Å². The zero-order chi connectivity index (χ0) is 12.6. The van der Waals surface area contributed by atoms with Crippen LogP contribution in [-0.4, -0.2) is 39.5 Å². The summed E-state index contributed by atoms with van der Waals surface area (Å²) in [6.07, 6.45) is 0.779. The minimum Gasteiger partial charge on any atom is -0.392 e. The number of hydrogen-bond acceptors (Lipinski definition) is 4. The van der Waals surface area contributed by atoms with Crippen molar-refractivity contribution in [3.05, 3.63) is 29.1 Å². The molecule has 0 saturated heterocycles. The Hall–Kier alpha value is -1.95. The third kappa shape index (κ3) is 1.99. The summed E-state index contributed by atoms with van der Waals surface area (Å²) in [5, 5.41) is 9.29. The topological polar surface area (TPSA) is 96.5 Å². The molecule has 17 heavy (non-hydrogen) atoms. The van der Waals surface area contributed by atoms with Crippen molar-refractivity contribution in [1.29, 1.82) is 0 Å². The Balaban J connectivity index is 2.37. The number of hydrogen-bond donors (Lipinski definition) is 2. The van der Waals surface area contributed by atoms with Crippen molar-refractivity contribution in [3.8, 4) is 0 Å². The molecule has 0 bridgehead atoms. The first kappa shape index (κ1) is 11.5. The maximum atomic E-state index is 11.9. The Morgan fingerprint density at radius 1 is 1.71 bits per heavy atom. The van der Waals surface area contributed by atoms with Gasteiger partial charge in [-0.3, -0.25) is 14.6 Å². The molecule has 0 saturated carbocycles. The van der Waals surface area contributed by atoms with Crippen LogP contribution < -0.4 is 5.73 Å². The first-order chi connectivity index (χ1) is 8.00. The van der Waals surface area contributed by atoms with Crippen molar-refractivity contribution < 1.29 is 14.7 Å². The largest absolute Gasteiger partial charge is 0.392 e. The zero-order valence-corrected chi connectivity index (χ0v) is 9.38. The summed E-state index contributed by atoms with van der Waals surface area (Å²) in [5.74, 6) is -0.848. The lowest BCUT2D eigenvalue weighted by Crippen LogP contribution is -2.31. The van der Waals surface area contributed by atoms with Gasteiger partial charge in [-0.2, -0.15) is 0 Å². The standard InChI is InChI=1S/C11H13N3O3/c1-6(15)4-14-5-8-7(11(14)17)2-3-13-9(8)10(12)16/h2-3,6,15H,4-5H2,1H3,(H2,12,16)/t6-/m1/s1. The van der Waals surface area contributed by atoms with E-state index in [1.165, 1.54) is 11.1 Å². The Morgan fingerprint density at radius 3 is 3.00 bits per heavy atom. The summed E-state index contributed by atoms with van der Waals surface area (Å²) in [5.41, 5.74) is 6.31. The van der Waals surface area contributed by atoms with E-state index in [1.54, 1.807) is 13.0 Å². The first-order valence-electron chi connectivity index (χ1n) is 5.25. The molecule has 0 fully saturated rings. The number of aliphatic hydroxyl groups is 1. The number of aliphatic hydroxyl groups excluding tert-OH is 1. The smallest absolute Gasteiger partial charge is 0.267 e. The van der Waals surface area contributed by atoms with E-state index >= 15 is 0 Å². The quantitative estimate of drug-likeness (QED) is 0.739. The van der Waals surface area contributed by atoms with Gasteiger partial charge in [-0.1, -0.05) is 0 Å². The Bertz CT molecular complexity index is 485. The summed E-state index contributed by atoms with van der Waals surface area (Å²) in [6, 6.07) is 1.56. The highest BCUT2D eigenvalue weighted by Gasteiger charge is 2.31. The monoisotopic (exact) mass is 235 g/mol. The van der Waals surface area contributed by atoms with Crippen LogP contribution in [0.2, 0.25) is 0 Å². The number of amides is 2. The van der Waals surface area contributed by atoms with Crippen LogP contribution in [0, 0.1) is 0 Å². The molecule has 6 heteroatoms. The predicted molar refractivity (Wildman–Crippen MR) is 59.2 cm³/mol. The normalized spacial score (nSPS) is 15.9. The molecule has 0 radical (unpaired) electrons. The van der Waals surface area contributed by atoms with Crippen molar-refractivity contribution >= 4 is 11.8 Å². The molecule has 2 rings (SSSR count). The van der Waals surface area contributed by atoms with Gasteiger partial charge in [0.05, 0.1) is 6.10 Å². The second-order valence-corrected chi connectivity index (χ2v) is 4.08. The van der Waals surface area contributed by atoms with Crippen LogP contribution in [0.3, 0.4) is 0 Å². The number of rotatable bonds is 3. The third-order valence-corrected chi connectivity index (χ3v) is 2.64. The number of primary amides is 1. The molecule has 2 heterocycles. The van der Waals surface area contributed by atoms with E-state index in [0.717, 1.165) is 0 Å². The summed E-state index contributed by atoms with van der Waals surface area (Å²) in [4.78, 5) is 28.5. The number of nitrogens with zero attached hydrogens (tertiary/aromatic N) is 2. The van der Waals surface area contributed by atoms with E-state index in [0.29, 0.717) is 11.1 Å². The summed E-state index contributed by atoms with van der Waals surface area (Å²) in [6.45, 7) is 2.10. The molecule has 0 aromatic carbocycles. The van der Waals surface area contributed by atoms with E-state index in [1.807, 2.05) is 0 Å². The maximum absolute atomic E-state index is 11.9. The van der Waals surface area contributed by atoms with Gasteiger partial charge < -0.3 is 15.7 Å². The second kappa shape index (κ2) is 4.14. The molecule has 1 atom stereocenters. The lowest BCUT2D eigenvalue weighted by Gasteiger charge is -2.17. The molecule has 90 valence electrons. The molecule has 1 aliphatic heterocycles. The number of pyridine rings is 1. The fraction of sp³-hybridized carbons (Fsp3) is 0.364. The molecule has 0 aliphatic carbocycles. The second-order valence-electron chi connectivity index (χ2n) is 4.08. The van der Waals surface area contributed by atoms with Gasteiger partial charge >= 0.3 is 0 Å². The molecule has 0 unspecified atom stereocenters. The Morgan fingerprint density at radius 2 is 2.41 bits per heavy atom. The van der Waals surface area contributed by atoms with Crippen LogP contribution in [-0.2, 0) is 6.54 Å². The summed E-state index contributed by atoms with van der Waals surface area (Å²) < 4.78 is 0. The number of carbonyl (C=O) groups is 2. The fourth-order valence-corrected chi connectivity index (χ4v) is 1.96. The van der Waals surface area contributed by atoms with Gasteiger partial charge in [0.2, 0.25) is 0 Å². The zero-order valence-electron chi connectivity index (χ0n) is 9.38. The van der Waals surface area contributed by atoms with E-state index < -0.39 is 12.0 Å². The summed E-state index contributed by atoms with van der Waals surface area (Å²) in [7, 11) is 0. The number of nitrogens with two attached hydrogens (primary N) is 1. The molecule has 6 nitrogen and oxygen atoms in total. The van der Waals surface area contributed by atoms with E-state index in [9.17, 15) is 14.7 Å². The molecule has 3 N–H and O–H groups in total. The minimum atomic E-state index is -0.645. The Labute approximate surface area is 98.1 Å². The molecule has 0 spiro atoms. The number of aromatic nitrogens is 1. The van der Waals surface area contributed by atoms with Gasteiger partial charge in [0.15, 0.2) is 0 Å². The number of fused-ring (bicyclic) bond motifs is 1. The van der Waals surface area contributed by atoms with Crippen molar-refractivity contribution in [2.45, 2.75) is 19.6 Å². The van der Waals surface area contributed by atoms with Crippen LogP contribution in [0.5, 0.6) is 0 Å². The van der Waals surface area contributed by atoms with Crippen LogP contribution in [0.1, 0.15) is 33.3 Å². The molecule has 1 aromatic heterocycles. The van der Waals surface area contributed by atoms with Gasteiger partial charge in [-0.25, -0.2) is 0 Å². The average molecular weight is 235 g/mol. The molecule has 1 aromatic rings. The molecular weight excluding hydrogens is 222 g/mol. The maximum Gasteiger partial charge on any atom is 0.267 e. The van der Waals surface area contributed by atoms with E-state index in [4.69, 9.17) is 5.73 Å². The first-order valence-corrected chi connectivity index (χ1v) is 5.25. The fourth-order valence-electron chi connectivity index (χ4n) is 1.96. The molecule has 1 aliphatic rings. The lowest BCUT2D eigenvalue weighted by atomic mass is 10.1. The highest BCUT2D eigenvalue weighted by molar-refractivity contribution is 6.02. The van der Waals surface area contributed by atoms with Crippen LogP contribution in [0.15, 0.2) is 12.3 Å². The average Bonchev–Trinajstić information content (AvgIpc) is 2.55. The van der Waals surface area contributed by atoms with Crippen molar-refractivity contribution in [1.82, 2.24) is 9.88 Å². The third-order valence-electron chi connectivity index (χ3n) is 2.64. The van der Waals surface area contributed by atoms with E-state index in [2.05, 4.69) is 4.98 Å². The van der Waals surface area contributed by atoms with Gasteiger partial charge in [-0.05, 0) is 13.0 Å². The highest BCUT2D eigenvalue weighted by atomic mass is 16.3. The Kier molecular flexibility index (Phi) is 2.81. The van der Waals surface area contributed by atoms with Crippen LogP contribution in [0.4, 0.5) is 0 Å². The van der Waals surface area contributed by atoms with Crippen molar-refractivity contribution in [3.63, 3.8) is 0 Å². The SMILES string of the molecule is C[C@@H](O)CN1Cc2c(ccnc2C(N)=O)C1=O. The van der Waals surface area contributed by atoms with Crippen LogP contribution >= 0.6 is 0 Å². The summed E-state index contributed by atoms with van der Waals surface area (Å²) >= 11 is 0. The number of β-amino-alcohol motifs (C(OH)–C–C–N with tert-alkyl or cyclic N) is 1. The predicted octanol–water partition coefficient (Wildman–Crippen LogP) is -0.483.